The smallest absolute Gasteiger partial charge is 0.0642 e. The van der Waals surface area contributed by atoms with E-state index in [-0.39, 0.29) is 6.61 Å². The molecule has 0 aliphatic rings. The zero-order chi connectivity index (χ0) is 8.97. The maximum atomic E-state index is 8.78. The van der Waals surface area contributed by atoms with Crippen molar-refractivity contribution in [2.24, 2.45) is 0 Å². The molecule has 0 atom stereocenters. The van der Waals surface area contributed by atoms with Crippen LogP contribution in [0.15, 0.2) is 29.8 Å². The quantitative estimate of drug-likeness (QED) is 0.822. The van der Waals surface area contributed by atoms with Gasteiger partial charge in [-0.05, 0) is 52.8 Å². The minimum atomic E-state index is 0.131. The number of halogens is 1. The molecule has 1 aromatic carbocycles. The second kappa shape index (κ2) is 4.62. The van der Waals surface area contributed by atoms with Gasteiger partial charge in [0.05, 0.1) is 6.61 Å². The number of hydrogen-bond donors (Lipinski definition) is 1. The molecule has 1 rings (SSSR count). The maximum Gasteiger partial charge on any atom is 0.0642 e. The summed E-state index contributed by atoms with van der Waals surface area (Å²) in [7, 11) is 0. The molecule has 0 aliphatic heterocycles. The van der Waals surface area contributed by atoms with Crippen LogP contribution in [-0.4, -0.2) is 11.7 Å². The van der Waals surface area contributed by atoms with Gasteiger partial charge < -0.3 is 5.11 Å². The second-order valence-corrected chi connectivity index (χ2v) is 3.95. The fourth-order valence-electron chi connectivity index (χ4n) is 0.889. The fourth-order valence-corrected chi connectivity index (χ4v) is 1.25. The molecule has 0 saturated carbocycles. The van der Waals surface area contributed by atoms with Crippen LogP contribution in [0.5, 0.6) is 0 Å². The van der Waals surface area contributed by atoms with Crippen molar-refractivity contribution in [3.05, 3.63) is 39.0 Å². The summed E-state index contributed by atoms with van der Waals surface area (Å²) in [5, 5.41) is 8.78. The third kappa shape index (κ3) is 2.95. The van der Waals surface area contributed by atoms with E-state index in [0.29, 0.717) is 0 Å². The molecule has 2 heteroatoms. The van der Waals surface area contributed by atoms with Crippen LogP contribution in [0.2, 0.25) is 0 Å². The van der Waals surface area contributed by atoms with Crippen molar-refractivity contribution in [1.82, 2.24) is 0 Å². The van der Waals surface area contributed by atoms with E-state index in [1.165, 1.54) is 3.57 Å². The fraction of sp³-hybridized carbons (Fsp3) is 0.200. The number of aliphatic hydroxyl groups excluding tert-OH is 1. The number of hydrogen-bond acceptors (Lipinski definition) is 1. The van der Waals surface area contributed by atoms with Crippen LogP contribution in [0.4, 0.5) is 0 Å². The molecule has 1 N–H and O–H groups in total. The molecule has 0 aliphatic carbocycles. The van der Waals surface area contributed by atoms with Crippen molar-refractivity contribution in [2.75, 3.05) is 6.61 Å². The van der Waals surface area contributed by atoms with Crippen LogP contribution >= 0.6 is 22.6 Å². The minimum absolute atomic E-state index is 0.131. The summed E-state index contributed by atoms with van der Waals surface area (Å²) in [5.74, 6) is 0. The van der Waals surface area contributed by atoms with Crippen LogP contribution in [-0.2, 0) is 0 Å². The normalized spacial score (nSPS) is 11.8. The van der Waals surface area contributed by atoms with Gasteiger partial charge in [0.15, 0.2) is 0 Å². The Labute approximate surface area is 86.3 Å². The molecular weight excluding hydrogens is 263 g/mol. The third-order valence-electron chi connectivity index (χ3n) is 1.53. The first-order valence-electron chi connectivity index (χ1n) is 3.76. The average molecular weight is 274 g/mol. The summed E-state index contributed by atoms with van der Waals surface area (Å²) in [4.78, 5) is 0. The molecule has 0 heterocycles. The van der Waals surface area contributed by atoms with E-state index in [9.17, 15) is 0 Å². The van der Waals surface area contributed by atoms with Gasteiger partial charge in [0.2, 0.25) is 0 Å². The van der Waals surface area contributed by atoms with Crippen molar-refractivity contribution < 1.29 is 5.11 Å². The molecule has 0 amide bonds. The SMILES string of the molecule is C/C(=C\c1ccc(I)cc1)CO. The molecule has 1 nitrogen and oxygen atoms in total. The molecule has 12 heavy (non-hydrogen) atoms. The van der Waals surface area contributed by atoms with E-state index in [1.807, 2.05) is 25.1 Å². The van der Waals surface area contributed by atoms with Crippen LogP contribution in [0.3, 0.4) is 0 Å². The largest absolute Gasteiger partial charge is 0.392 e. The van der Waals surface area contributed by atoms with E-state index in [4.69, 9.17) is 5.11 Å². The van der Waals surface area contributed by atoms with Gasteiger partial charge in [-0.2, -0.15) is 0 Å². The molecule has 0 fully saturated rings. The lowest BCUT2D eigenvalue weighted by atomic mass is 10.1. The molecule has 0 spiro atoms. The second-order valence-electron chi connectivity index (χ2n) is 2.70. The van der Waals surface area contributed by atoms with Gasteiger partial charge in [-0.3, -0.25) is 0 Å². The highest BCUT2D eigenvalue weighted by molar-refractivity contribution is 14.1. The van der Waals surface area contributed by atoms with E-state index >= 15 is 0 Å². The van der Waals surface area contributed by atoms with Crippen molar-refractivity contribution in [3.8, 4) is 0 Å². The number of benzene rings is 1. The Hall–Kier alpha value is -0.350. The average Bonchev–Trinajstić information content (AvgIpc) is 2.09. The lowest BCUT2D eigenvalue weighted by molar-refractivity contribution is 0.332. The zero-order valence-electron chi connectivity index (χ0n) is 6.92. The van der Waals surface area contributed by atoms with Crippen LogP contribution in [0, 0.1) is 3.57 Å². The molecule has 0 saturated heterocycles. The highest BCUT2D eigenvalue weighted by atomic mass is 127. The van der Waals surface area contributed by atoms with Gasteiger partial charge in [0.1, 0.15) is 0 Å². The lowest BCUT2D eigenvalue weighted by Gasteiger charge is -1.96. The molecular formula is C10H11IO. The number of aliphatic hydroxyl groups is 1. The van der Waals surface area contributed by atoms with Crippen LogP contribution in [0.1, 0.15) is 12.5 Å². The van der Waals surface area contributed by atoms with E-state index in [1.54, 1.807) is 0 Å². The summed E-state index contributed by atoms with van der Waals surface area (Å²) in [5.41, 5.74) is 2.12. The van der Waals surface area contributed by atoms with Crippen LogP contribution < -0.4 is 0 Å². The Kier molecular flexibility index (Phi) is 3.75. The molecule has 1 aromatic rings. The van der Waals surface area contributed by atoms with Crippen molar-refractivity contribution in [2.45, 2.75) is 6.92 Å². The maximum absolute atomic E-state index is 8.78. The Morgan fingerprint density at radius 3 is 2.50 bits per heavy atom. The standard InChI is InChI=1S/C10H11IO/c1-8(7-12)6-9-2-4-10(11)5-3-9/h2-6,12H,7H2,1H3/b8-6+. The topological polar surface area (TPSA) is 20.2 Å². The van der Waals surface area contributed by atoms with E-state index < -0.39 is 0 Å². The van der Waals surface area contributed by atoms with Gasteiger partial charge >= 0.3 is 0 Å². The van der Waals surface area contributed by atoms with E-state index in [0.717, 1.165) is 11.1 Å². The minimum Gasteiger partial charge on any atom is -0.392 e. The van der Waals surface area contributed by atoms with Gasteiger partial charge in [0, 0.05) is 3.57 Å². The summed E-state index contributed by atoms with van der Waals surface area (Å²) in [6, 6.07) is 8.19. The highest BCUT2D eigenvalue weighted by Crippen LogP contribution is 2.09. The van der Waals surface area contributed by atoms with Crippen molar-refractivity contribution in [1.29, 1.82) is 0 Å². The monoisotopic (exact) mass is 274 g/mol. The highest BCUT2D eigenvalue weighted by Gasteiger charge is 1.89. The summed E-state index contributed by atoms with van der Waals surface area (Å²) in [6.45, 7) is 2.05. The lowest BCUT2D eigenvalue weighted by Crippen LogP contribution is -1.83. The molecule has 0 radical (unpaired) electrons. The Morgan fingerprint density at radius 2 is 2.00 bits per heavy atom. The van der Waals surface area contributed by atoms with Gasteiger partial charge in [-0.15, -0.1) is 0 Å². The predicted molar refractivity (Wildman–Crippen MR) is 59.9 cm³/mol. The summed E-state index contributed by atoms with van der Waals surface area (Å²) in [6.07, 6.45) is 1.98. The Balaban J connectivity index is 2.84. The van der Waals surface area contributed by atoms with E-state index in [2.05, 4.69) is 34.7 Å². The Bertz CT molecular complexity index is 274. The third-order valence-corrected chi connectivity index (χ3v) is 2.25. The van der Waals surface area contributed by atoms with Crippen LogP contribution in [0.25, 0.3) is 6.08 Å². The first-order valence-corrected chi connectivity index (χ1v) is 4.84. The predicted octanol–water partition coefficient (Wildman–Crippen LogP) is 2.69. The molecule has 64 valence electrons. The summed E-state index contributed by atoms with van der Waals surface area (Å²) >= 11 is 2.27. The first-order chi connectivity index (χ1) is 5.72. The zero-order valence-corrected chi connectivity index (χ0v) is 9.08. The van der Waals surface area contributed by atoms with Gasteiger partial charge in [0.25, 0.3) is 0 Å². The first kappa shape index (κ1) is 9.74. The van der Waals surface area contributed by atoms with Gasteiger partial charge in [-0.1, -0.05) is 18.2 Å². The Morgan fingerprint density at radius 1 is 1.42 bits per heavy atom. The van der Waals surface area contributed by atoms with Crippen molar-refractivity contribution in [3.63, 3.8) is 0 Å². The van der Waals surface area contributed by atoms with Gasteiger partial charge in [-0.25, -0.2) is 0 Å². The number of rotatable bonds is 2. The molecule has 0 aromatic heterocycles. The molecule has 0 bridgehead atoms. The molecule has 0 unspecified atom stereocenters. The van der Waals surface area contributed by atoms with Crippen molar-refractivity contribution >= 4 is 28.7 Å². The summed E-state index contributed by atoms with van der Waals surface area (Å²) < 4.78 is 1.23.